The van der Waals surface area contributed by atoms with Crippen LogP contribution in [0.4, 0.5) is 11.5 Å². The molecule has 3 N–H and O–H groups in total. The molecule has 2 aromatic rings. The van der Waals surface area contributed by atoms with Crippen molar-refractivity contribution in [1.82, 2.24) is 4.98 Å². The van der Waals surface area contributed by atoms with Crippen molar-refractivity contribution in [1.29, 1.82) is 0 Å². The highest BCUT2D eigenvalue weighted by atomic mass is 16.6. The molecule has 0 aliphatic heterocycles. The molecule has 2 rings (SSSR count). The average Bonchev–Trinajstić information content (AvgIpc) is 2.49. The van der Waals surface area contributed by atoms with E-state index in [2.05, 4.69) is 10.4 Å². The van der Waals surface area contributed by atoms with Gasteiger partial charge in [-0.3, -0.25) is 10.1 Å². The van der Waals surface area contributed by atoms with Crippen LogP contribution in [-0.2, 0) is 0 Å². The highest BCUT2D eigenvalue weighted by molar-refractivity contribution is 5.49. The molecule has 1 heterocycles. The van der Waals surface area contributed by atoms with E-state index in [4.69, 9.17) is 15.3 Å². The summed E-state index contributed by atoms with van der Waals surface area (Å²) in [6.07, 6.45) is 0. The summed E-state index contributed by atoms with van der Waals surface area (Å²) in [5.41, 5.74) is 2.08. The van der Waals surface area contributed by atoms with Crippen molar-refractivity contribution >= 4 is 11.5 Å². The zero-order chi connectivity index (χ0) is 15.2. The van der Waals surface area contributed by atoms with Crippen LogP contribution in [0.1, 0.15) is 6.92 Å². The maximum atomic E-state index is 10.9. The van der Waals surface area contributed by atoms with Crippen molar-refractivity contribution in [2.75, 3.05) is 12.0 Å². The maximum absolute atomic E-state index is 10.9. The Morgan fingerprint density at radius 1 is 1.33 bits per heavy atom. The molecule has 0 radical (unpaired) electrons. The fraction of sp³-hybridized carbons (Fsp3) is 0.154. The molecule has 0 saturated carbocycles. The predicted octanol–water partition coefficient (Wildman–Crippen LogP) is 2.47. The second-order valence-corrected chi connectivity index (χ2v) is 3.93. The van der Waals surface area contributed by atoms with Gasteiger partial charge in [0.25, 0.3) is 5.69 Å². The number of para-hydroxylation sites is 2. The number of nitrogens with zero attached hydrogens (tertiary/aromatic N) is 2. The Kier molecular flexibility index (Phi) is 4.52. The van der Waals surface area contributed by atoms with Crippen molar-refractivity contribution in [2.45, 2.75) is 6.92 Å². The van der Waals surface area contributed by atoms with E-state index in [1.54, 1.807) is 24.3 Å². The normalized spacial score (nSPS) is 10.0. The Bertz CT molecular complexity index is 648. The summed E-state index contributed by atoms with van der Waals surface area (Å²) in [5.74, 6) is 6.36. The van der Waals surface area contributed by atoms with E-state index in [0.29, 0.717) is 18.1 Å². The fourth-order valence-corrected chi connectivity index (χ4v) is 1.65. The third kappa shape index (κ3) is 3.57. The van der Waals surface area contributed by atoms with Gasteiger partial charge >= 0.3 is 0 Å². The van der Waals surface area contributed by atoms with Crippen LogP contribution in [0.2, 0.25) is 0 Å². The van der Waals surface area contributed by atoms with Crippen molar-refractivity contribution in [3.8, 4) is 17.4 Å². The van der Waals surface area contributed by atoms with Gasteiger partial charge in [0.2, 0.25) is 5.88 Å². The Labute approximate surface area is 120 Å². The standard InChI is InChI=1S/C13H14N4O4/c1-2-20-10-5-3-4-6-11(10)21-13-8-9(17(18)19)7-12(15-13)16-14/h3-8H,2,14H2,1H3,(H,15,16). The number of nitrogens with two attached hydrogens (primary N) is 1. The number of rotatable bonds is 6. The summed E-state index contributed by atoms with van der Waals surface area (Å²) in [6, 6.07) is 9.40. The van der Waals surface area contributed by atoms with E-state index in [0.717, 1.165) is 0 Å². The van der Waals surface area contributed by atoms with Gasteiger partial charge in [0.05, 0.1) is 23.7 Å². The SMILES string of the molecule is CCOc1ccccc1Oc1cc([N+](=O)[O-])cc(NN)n1. The average molecular weight is 290 g/mol. The van der Waals surface area contributed by atoms with Gasteiger partial charge in [-0.05, 0) is 19.1 Å². The summed E-state index contributed by atoms with van der Waals surface area (Å²) in [4.78, 5) is 14.3. The van der Waals surface area contributed by atoms with Gasteiger partial charge in [0, 0.05) is 0 Å². The fourth-order valence-electron chi connectivity index (χ4n) is 1.65. The number of pyridine rings is 1. The summed E-state index contributed by atoms with van der Waals surface area (Å²) in [7, 11) is 0. The van der Waals surface area contributed by atoms with Crippen LogP contribution in [-0.4, -0.2) is 16.5 Å². The number of nitrogen functional groups attached to an aromatic ring is 1. The number of nitro groups is 1. The molecular formula is C13H14N4O4. The van der Waals surface area contributed by atoms with Crippen LogP contribution in [0.5, 0.6) is 17.4 Å². The Balaban J connectivity index is 2.35. The minimum atomic E-state index is -0.552. The Hall–Kier alpha value is -2.87. The zero-order valence-electron chi connectivity index (χ0n) is 11.3. The molecule has 21 heavy (non-hydrogen) atoms. The van der Waals surface area contributed by atoms with Crippen LogP contribution >= 0.6 is 0 Å². The van der Waals surface area contributed by atoms with Crippen molar-refractivity contribution in [3.05, 3.63) is 46.5 Å². The topological polar surface area (TPSA) is 113 Å². The first-order chi connectivity index (χ1) is 10.1. The smallest absolute Gasteiger partial charge is 0.278 e. The minimum absolute atomic E-state index is 0.0457. The molecule has 0 unspecified atom stereocenters. The summed E-state index contributed by atoms with van der Waals surface area (Å²) < 4.78 is 11.0. The highest BCUT2D eigenvalue weighted by Crippen LogP contribution is 2.32. The molecule has 110 valence electrons. The first kappa shape index (κ1) is 14.5. The van der Waals surface area contributed by atoms with E-state index >= 15 is 0 Å². The zero-order valence-corrected chi connectivity index (χ0v) is 11.3. The number of anilines is 1. The lowest BCUT2D eigenvalue weighted by Crippen LogP contribution is -2.09. The molecule has 0 aliphatic carbocycles. The van der Waals surface area contributed by atoms with Gasteiger partial charge in [-0.15, -0.1) is 0 Å². The molecule has 1 aromatic carbocycles. The van der Waals surface area contributed by atoms with E-state index in [1.165, 1.54) is 12.1 Å². The monoisotopic (exact) mass is 290 g/mol. The molecule has 0 amide bonds. The van der Waals surface area contributed by atoms with Crippen LogP contribution < -0.4 is 20.7 Å². The Morgan fingerprint density at radius 2 is 2.05 bits per heavy atom. The molecular weight excluding hydrogens is 276 g/mol. The van der Waals surface area contributed by atoms with Gasteiger partial charge in [0.15, 0.2) is 17.3 Å². The molecule has 0 bridgehead atoms. The first-order valence-electron chi connectivity index (χ1n) is 6.16. The molecule has 0 atom stereocenters. The van der Waals surface area contributed by atoms with Gasteiger partial charge in [-0.2, -0.15) is 4.98 Å². The lowest BCUT2D eigenvalue weighted by Gasteiger charge is -2.11. The van der Waals surface area contributed by atoms with Crippen molar-refractivity contribution < 1.29 is 14.4 Å². The summed E-state index contributed by atoms with van der Waals surface area (Å²) in [6.45, 7) is 2.32. The lowest BCUT2D eigenvalue weighted by molar-refractivity contribution is -0.384. The first-order valence-corrected chi connectivity index (χ1v) is 6.16. The van der Waals surface area contributed by atoms with Gasteiger partial charge in [-0.25, -0.2) is 5.84 Å². The maximum Gasteiger partial charge on any atom is 0.278 e. The molecule has 0 fully saturated rings. The van der Waals surface area contributed by atoms with Crippen LogP contribution in [0.3, 0.4) is 0 Å². The second kappa shape index (κ2) is 6.53. The van der Waals surface area contributed by atoms with Crippen LogP contribution in [0, 0.1) is 10.1 Å². The molecule has 8 nitrogen and oxygen atoms in total. The number of nitrogens with one attached hydrogen (secondary N) is 1. The van der Waals surface area contributed by atoms with Gasteiger partial charge < -0.3 is 14.9 Å². The number of ether oxygens (including phenoxy) is 2. The minimum Gasteiger partial charge on any atom is -0.490 e. The third-order valence-electron chi connectivity index (χ3n) is 2.51. The summed E-state index contributed by atoms with van der Waals surface area (Å²) in [5, 5.41) is 10.9. The molecule has 0 spiro atoms. The molecule has 0 aliphatic rings. The largest absolute Gasteiger partial charge is 0.490 e. The molecule has 8 heteroatoms. The van der Waals surface area contributed by atoms with Crippen LogP contribution in [0.15, 0.2) is 36.4 Å². The Morgan fingerprint density at radius 3 is 2.67 bits per heavy atom. The number of hydrazine groups is 1. The van der Waals surface area contributed by atoms with Gasteiger partial charge in [0.1, 0.15) is 0 Å². The van der Waals surface area contributed by atoms with Crippen molar-refractivity contribution in [2.24, 2.45) is 5.84 Å². The van der Waals surface area contributed by atoms with E-state index in [9.17, 15) is 10.1 Å². The third-order valence-corrected chi connectivity index (χ3v) is 2.51. The number of hydrogen-bond donors (Lipinski definition) is 2. The number of benzene rings is 1. The molecule has 0 saturated heterocycles. The van der Waals surface area contributed by atoms with E-state index in [-0.39, 0.29) is 17.4 Å². The second-order valence-electron chi connectivity index (χ2n) is 3.93. The van der Waals surface area contributed by atoms with Crippen molar-refractivity contribution in [3.63, 3.8) is 0 Å². The van der Waals surface area contributed by atoms with E-state index in [1.807, 2.05) is 6.92 Å². The highest BCUT2D eigenvalue weighted by Gasteiger charge is 2.13. The number of aromatic nitrogens is 1. The van der Waals surface area contributed by atoms with E-state index < -0.39 is 4.92 Å². The lowest BCUT2D eigenvalue weighted by atomic mass is 10.3. The predicted molar refractivity (Wildman–Crippen MR) is 76.4 cm³/mol. The quantitative estimate of drug-likeness (QED) is 0.477. The van der Waals surface area contributed by atoms with Crippen LogP contribution in [0.25, 0.3) is 0 Å². The van der Waals surface area contributed by atoms with Gasteiger partial charge in [-0.1, -0.05) is 12.1 Å². The molecule has 1 aromatic heterocycles. The number of hydrogen-bond acceptors (Lipinski definition) is 7. The summed E-state index contributed by atoms with van der Waals surface area (Å²) >= 11 is 0.